The first-order valence-corrected chi connectivity index (χ1v) is 5.97. The molecule has 1 amide bonds. The van der Waals surface area contributed by atoms with Crippen LogP contribution in [0.25, 0.3) is 0 Å². The van der Waals surface area contributed by atoms with Crippen molar-refractivity contribution in [1.82, 2.24) is 9.88 Å². The molecule has 1 aliphatic heterocycles. The molecule has 5 nitrogen and oxygen atoms in total. The van der Waals surface area contributed by atoms with Gasteiger partial charge in [-0.25, -0.2) is 0 Å². The third kappa shape index (κ3) is 2.06. The summed E-state index contributed by atoms with van der Waals surface area (Å²) in [6, 6.07) is 1.58. The molecule has 0 spiro atoms. The number of hydrogen-bond donors (Lipinski definition) is 1. The van der Waals surface area contributed by atoms with Gasteiger partial charge in [0.1, 0.15) is 6.61 Å². The molecule has 86 valence electrons. The Kier molecular flexibility index (Phi) is 3.17. The van der Waals surface area contributed by atoms with Crippen LogP contribution < -0.4 is 15.5 Å². The van der Waals surface area contributed by atoms with Gasteiger partial charge < -0.3 is 14.6 Å². The number of carbonyl (C=O) groups excluding carboxylic acids is 1. The number of carbonyl (C=O) groups is 1. The van der Waals surface area contributed by atoms with Crippen LogP contribution in [0.15, 0.2) is 10.9 Å². The Hall–Kier alpha value is -1.05. The number of aryl methyl sites for hydroxylation is 1. The molecular formula is C10H11IN2O3. The molecule has 1 aromatic rings. The predicted octanol–water partition coefficient (Wildman–Crippen LogP) is 1.19. The first-order valence-electron chi connectivity index (χ1n) is 4.89. The molecule has 0 radical (unpaired) electrons. The molecule has 16 heavy (non-hydrogen) atoms. The van der Waals surface area contributed by atoms with E-state index in [1.165, 1.54) is 0 Å². The fourth-order valence-corrected chi connectivity index (χ4v) is 1.97. The third-order valence-corrected chi connectivity index (χ3v) is 2.91. The molecule has 1 aliphatic rings. The van der Waals surface area contributed by atoms with E-state index in [9.17, 15) is 9.59 Å². The lowest BCUT2D eigenvalue weighted by Gasteiger charge is -2.10. The summed E-state index contributed by atoms with van der Waals surface area (Å²) in [5.41, 5.74) is 1.32. The lowest BCUT2D eigenvalue weighted by atomic mass is 10.2. The van der Waals surface area contributed by atoms with Gasteiger partial charge in [0.05, 0.1) is 18.7 Å². The second-order valence-corrected chi connectivity index (χ2v) is 4.54. The van der Waals surface area contributed by atoms with E-state index in [0.717, 1.165) is 12.2 Å². The minimum Gasteiger partial charge on any atom is -0.477 e. The van der Waals surface area contributed by atoms with Crippen molar-refractivity contribution in [2.45, 2.75) is 20.0 Å². The summed E-state index contributed by atoms with van der Waals surface area (Å²) in [4.78, 5) is 22.6. The van der Waals surface area contributed by atoms with Crippen LogP contribution in [-0.4, -0.2) is 15.1 Å². The minimum atomic E-state index is -0.186. The van der Waals surface area contributed by atoms with Gasteiger partial charge in [0, 0.05) is 34.4 Å². The van der Waals surface area contributed by atoms with Crippen molar-refractivity contribution < 1.29 is 9.53 Å². The third-order valence-electron chi connectivity index (χ3n) is 2.52. The lowest BCUT2D eigenvalue weighted by molar-refractivity contribution is 0.262. The zero-order chi connectivity index (χ0) is 11.7. The van der Waals surface area contributed by atoms with Gasteiger partial charge in [-0.15, -0.1) is 0 Å². The second-order valence-electron chi connectivity index (χ2n) is 3.56. The van der Waals surface area contributed by atoms with Gasteiger partial charge in [-0.2, -0.15) is 0 Å². The molecule has 0 fully saturated rings. The van der Waals surface area contributed by atoms with Crippen molar-refractivity contribution in [2.75, 3.05) is 6.61 Å². The van der Waals surface area contributed by atoms with Gasteiger partial charge >= 0.3 is 0 Å². The molecule has 2 heterocycles. The van der Waals surface area contributed by atoms with Crippen LogP contribution in [0.4, 0.5) is 4.79 Å². The van der Waals surface area contributed by atoms with Crippen LogP contribution in [0.3, 0.4) is 0 Å². The van der Waals surface area contributed by atoms with Crippen LogP contribution in [0.2, 0.25) is 0 Å². The largest absolute Gasteiger partial charge is 0.477 e. The van der Waals surface area contributed by atoms with Crippen LogP contribution in [0, 0.1) is 6.92 Å². The molecular weight excluding hydrogens is 323 g/mol. The van der Waals surface area contributed by atoms with E-state index in [0.29, 0.717) is 18.1 Å². The quantitative estimate of drug-likeness (QED) is 0.502. The Morgan fingerprint density at radius 1 is 1.69 bits per heavy atom. The average molecular weight is 334 g/mol. The zero-order valence-electron chi connectivity index (χ0n) is 8.75. The van der Waals surface area contributed by atoms with E-state index in [1.54, 1.807) is 28.7 Å². The standard InChI is InChI=1S/C10H11IN2O3/c1-6-4-8(14)7(5-12-10(11)15)9-13(6)2-3-16-9/h4H,2-3,5H2,1H3,(H,12,15). The van der Waals surface area contributed by atoms with E-state index in [-0.39, 0.29) is 15.9 Å². The number of amides is 1. The number of nitrogens with one attached hydrogen (secondary N) is 1. The summed E-state index contributed by atoms with van der Waals surface area (Å²) < 4.78 is 7.20. The molecule has 0 saturated carbocycles. The number of ether oxygens (including phenoxy) is 1. The smallest absolute Gasteiger partial charge is 0.280 e. The van der Waals surface area contributed by atoms with Crippen LogP contribution in [0.5, 0.6) is 5.88 Å². The normalized spacial score (nSPS) is 13.1. The highest BCUT2D eigenvalue weighted by Crippen LogP contribution is 2.22. The molecule has 1 N–H and O–H groups in total. The van der Waals surface area contributed by atoms with Crippen LogP contribution in [-0.2, 0) is 13.1 Å². The number of pyridine rings is 1. The molecule has 0 aromatic carbocycles. The van der Waals surface area contributed by atoms with Crippen LogP contribution in [0.1, 0.15) is 11.3 Å². The lowest BCUT2D eigenvalue weighted by Crippen LogP contribution is -2.23. The van der Waals surface area contributed by atoms with Gasteiger partial charge in [-0.05, 0) is 6.92 Å². The SMILES string of the molecule is Cc1cc(=O)c(CNC(=O)I)c2n1CCO2. The van der Waals surface area contributed by atoms with Crippen molar-refractivity contribution in [3.63, 3.8) is 0 Å². The maximum atomic E-state index is 11.8. The highest BCUT2D eigenvalue weighted by atomic mass is 127. The molecule has 6 heteroatoms. The summed E-state index contributed by atoms with van der Waals surface area (Å²) in [7, 11) is 0. The monoisotopic (exact) mass is 334 g/mol. The average Bonchev–Trinajstić information content (AvgIpc) is 2.65. The Morgan fingerprint density at radius 2 is 2.44 bits per heavy atom. The Balaban J connectivity index is 2.41. The zero-order valence-corrected chi connectivity index (χ0v) is 10.9. The van der Waals surface area contributed by atoms with E-state index >= 15 is 0 Å². The van der Waals surface area contributed by atoms with Gasteiger partial charge in [0.2, 0.25) is 5.88 Å². The summed E-state index contributed by atoms with van der Waals surface area (Å²) in [6.45, 7) is 3.43. The maximum absolute atomic E-state index is 11.8. The van der Waals surface area contributed by atoms with E-state index in [2.05, 4.69) is 5.32 Å². The number of rotatable bonds is 2. The van der Waals surface area contributed by atoms with Crippen molar-refractivity contribution in [2.24, 2.45) is 0 Å². The second kappa shape index (κ2) is 4.44. The number of aromatic nitrogens is 1. The van der Waals surface area contributed by atoms with Crippen LogP contribution >= 0.6 is 22.6 Å². The Morgan fingerprint density at radius 3 is 3.12 bits per heavy atom. The number of halogens is 1. The Bertz CT molecular complexity index is 496. The molecule has 0 saturated heterocycles. The molecule has 0 atom stereocenters. The van der Waals surface area contributed by atoms with Gasteiger partial charge in [-0.3, -0.25) is 9.59 Å². The summed E-state index contributed by atoms with van der Waals surface area (Å²) in [6.07, 6.45) is 0. The van der Waals surface area contributed by atoms with Crippen molar-refractivity contribution in [3.05, 3.63) is 27.5 Å². The molecule has 0 aliphatic carbocycles. The predicted molar refractivity (Wildman–Crippen MR) is 67.2 cm³/mol. The van der Waals surface area contributed by atoms with Crippen molar-refractivity contribution in [1.29, 1.82) is 0 Å². The summed E-state index contributed by atoms with van der Waals surface area (Å²) >= 11 is 1.64. The van der Waals surface area contributed by atoms with Crippen molar-refractivity contribution in [3.8, 4) is 5.88 Å². The molecule has 1 aromatic heterocycles. The first-order chi connectivity index (χ1) is 7.59. The highest BCUT2D eigenvalue weighted by molar-refractivity contribution is 14.1. The molecule has 0 unspecified atom stereocenters. The fourth-order valence-electron chi connectivity index (χ4n) is 1.78. The molecule has 0 bridgehead atoms. The fraction of sp³-hybridized carbons (Fsp3) is 0.400. The number of fused-ring (bicyclic) bond motifs is 1. The number of nitrogens with zero attached hydrogens (tertiary/aromatic N) is 1. The topological polar surface area (TPSA) is 60.3 Å². The van der Waals surface area contributed by atoms with E-state index in [1.807, 2.05) is 11.5 Å². The maximum Gasteiger partial charge on any atom is 0.280 e. The summed E-state index contributed by atoms with van der Waals surface area (Å²) in [5, 5.41) is 2.61. The van der Waals surface area contributed by atoms with Gasteiger partial charge in [0.25, 0.3) is 3.91 Å². The van der Waals surface area contributed by atoms with Gasteiger partial charge in [0.15, 0.2) is 5.43 Å². The minimum absolute atomic E-state index is 0.0872. The van der Waals surface area contributed by atoms with E-state index < -0.39 is 0 Å². The van der Waals surface area contributed by atoms with E-state index in [4.69, 9.17) is 4.74 Å². The highest BCUT2D eigenvalue weighted by Gasteiger charge is 2.19. The van der Waals surface area contributed by atoms with Gasteiger partial charge in [-0.1, -0.05) is 0 Å². The summed E-state index contributed by atoms with van der Waals surface area (Å²) in [5.74, 6) is 0.593. The molecule has 2 rings (SSSR count). The Labute approximate surface area is 106 Å². The number of hydrogen-bond acceptors (Lipinski definition) is 3. The first kappa shape index (κ1) is 11.4. The van der Waals surface area contributed by atoms with Crippen molar-refractivity contribution >= 4 is 26.5 Å².